The molecule has 1 aromatic carbocycles. The van der Waals surface area contributed by atoms with Crippen molar-refractivity contribution in [1.82, 2.24) is 20.0 Å². The Kier molecular flexibility index (Phi) is 4.34. The molecule has 2 heterocycles. The first kappa shape index (κ1) is 15.4. The maximum absolute atomic E-state index is 12.6. The number of carbonyl (C=O) groups excluding carboxylic acids is 1. The minimum Gasteiger partial charge on any atom is -0.335 e. The molecule has 1 saturated carbocycles. The van der Waals surface area contributed by atoms with Gasteiger partial charge >= 0.3 is 0 Å². The van der Waals surface area contributed by atoms with E-state index >= 15 is 0 Å². The third kappa shape index (κ3) is 3.51. The summed E-state index contributed by atoms with van der Waals surface area (Å²) in [6.45, 7) is 4.52. The molecular formula is C19H24N4O. The Bertz CT molecular complexity index is 684. The number of amides is 1. The normalized spacial score (nSPS) is 18.8. The molecule has 1 amide bonds. The molecule has 2 aliphatic rings. The van der Waals surface area contributed by atoms with Gasteiger partial charge in [-0.15, -0.1) is 0 Å². The lowest BCUT2D eigenvalue weighted by molar-refractivity contribution is 0.0632. The van der Waals surface area contributed by atoms with Crippen molar-refractivity contribution in [3.63, 3.8) is 0 Å². The second-order valence-electron chi connectivity index (χ2n) is 6.85. The van der Waals surface area contributed by atoms with Crippen molar-refractivity contribution in [3.05, 3.63) is 53.3 Å². The Labute approximate surface area is 142 Å². The second kappa shape index (κ2) is 6.77. The summed E-state index contributed by atoms with van der Waals surface area (Å²) < 4.78 is 0. The van der Waals surface area contributed by atoms with E-state index in [1.165, 1.54) is 18.4 Å². The van der Waals surface area contributed by atoms with E-state index in [0.717, 1.165) is 44.8 Å². The van der Waals surface area contributed by atoms with E-state index in [2.05, 4.69) is 45.4 Å². The minimum absolute atomic E-state index is 0.0702. The van der Waals surface area contributed by atoms with Crippen LogP contribution < -0.4 is 0 Å². The van der Waals surface area contributed by atoms with Crippen molar-refractivity contribution in [2.75, 3.05) is 32.7 Å². The maximum atomic E-state index is 12.6. The number of H-pyrrole nitrogens is 1. The Morgan fingerprint density at radius 1 is 1.12 bits per heavy atom. The summed E-state index contributed by atoms with van der Waals surface area (Å²) in [6, 6.07) is 12.5. The highest BCUT2D eigenvalue weighted by atomic mass is 16.2. The van der Waals surface area contributed by atoms with Crippen LogP contribution >= 0.6 is 0 Å². The summed E-state index contributed by atoms with van der Waals surface area (Å²) in [5.41, 5.74) is 3.08. The fourth-order valence-electron chi connectivity index (χ4n) is 3.32. The maximum Gasteiger partial charge on any atom is 0.274 e. The third-order valence-corrected chi connectivity index (χ3v) is 5.05. The number of aromatic amines is 1. The van der Waals surface area contributed by atoms with Crippen LogP contribution in [0.3, 0.4) is 0 Å². The Morgan fingerprint density at radius 2 is 1.88 bits per heavy atom. The second-order valence-corrected chi connectivity index (χ2v) is 6.85. The van der Waals surface area contributed by atoms with Gasteiger partial charge in [0.1, 0.15) is 5.69 Å². The van der Waals surface area contributed by atoms with Gasteiger partial charge in [-0.3, -0.25) is 14.8 Å². The van der Waals surface area contributed by atoms with Crippen LogP contribution in [0, 0.1) is 0 Å². The van der Waals surface area contributed by atoms with Crippen LogP contribution in [0.1, 0.15) is 40.5 Å². The SMILES string of the molecule is O=C(c1cc(C2CC2)[nH]n1)N1CCN(CCc2ccccc2)CC1. The van der Waals surface area contributed by atoms with E-state index in [1.54, 1.807) is 0 Å². The summed E-state index contributed by atoms with van der Waals surface area (Å²) in [5.74, 6) is 0.676. The molecule has 0 bridgehead atoms. The molecule has 126 valence electrons. The van der Waals surface area contributed by atoms with Gasteiger partial charge < -0.3 is 4.90 Å². The molecule has 4 rings (SSSR count). The summed E-state index contributed by atoms with van der Waals surface area (Å²) in [7, 11) is 0. The summed E-state index contributed by atoms with van der Waals surface area (Å²) in [6.07, 6.45) is 3.50. The van der Waals surface area contributed by atoms with Gasteiger partial charge in [-0.25, -0.2) is 0 Å². The quantitative estimate of drug-likeness (QED) is 0.918. The van der Waals surface area contributed by atoms with Crippen LogP contribution in [-0.2, 0) is 6.42 Å². The molecular weight excluding hydrogens is 300 g/mol. The molecule has 5 nitrogen and oxygen atoms in total. The van der Waals surface area contributed by atoms with Gasteiger partial charge in [-0.05, 0) is 30.9 Å². The lowest BCUT2D eigenvalue weighted by atomic mass is 10.1. The number of nitrogens with one attached hydrogen (secondary N) is 1. The van der Waals surface area contributed by atoms with Gasteiger partial charge in [0.25, 0.3) is 5.91 Å². The number of rotatable bonds is 5. The van der Waals surface area contributed by atoms with Crippen LogP contribution in [0.2, 0.25) is 0 Å². The topological polar surface area (TPSA) is 52.2 Å². The monoisotopic (exact) mass is 324 g/mol. The number of nitrogens with zero attached hydrogens (tertiary/aromatic N) is 3. The highest BCUT2D eigenvalue weighted by Crippen LogP contribution is 2.39. The van der Waals surface area contributed by atoms with Crippen LogP contribution in [0.4, 0.5) is 0 Å². The highest BCUT2D eigenvalue weighted by Gasteiger charge is 2.28. The molecule has 0 atom stereocenters. The minimum atomic E-state index is 0.0702. The van der Waals surface area contributed by atoms with Crippen molar-refractivity contribution in [2.45, 2.75) is 25.2 Å². The summed E-state index contributed by atoms with van der Waals surface area (Å²) in [5, 5.41) is 7.24. The zero-order valence-corrected chi connectivity index (χ0v) is 13.9. The molecule has 0 spiro atoms. The van der Waals surface area contributed by atoms with E-state index in [-0.39, 0.29) is 5.91 Å². The Hall–Kier alpha value is -2.14. The van der Waals surface area contributed by atoms with Gasteiger partial charge in [-0.1, -0.05) is 30.3 Å². The number of carbonyl (C=O) groups is 1. The fourth-order valence-corrected chi connectivity index (χ4v) is 3.32. The van der Waals surface area contributed by atoms with Crippen molar-refractivity contribution in [2.24, 2.45) is 0 Å². The van der Waals surface area contributed by atoms with Crippen molar-refractivity contribution >= 4 is 5.91 Å². The first-order valence-corrected chi connectivity index (χ1v) is 8.90. The molecule has 1 N–H and O–H groups in total. The van der Waals surface area contributed by atoms with E-state index in [4.69, 9.17) is 0 Å². The van der Waals surface area contributed by atoms with E-state index in [0.29, 0.717) is 11.6 Å². The van der Waals surface area contributed by atoms with Crippen LogP contribution in [0.5, 0.6) is 0 Å². The number of hydrogen-bond donors (Lipinski definition) is 1. The van der Waals surface area contributed by atoms with Crippen LogP contribution in [0.15, 0.2) is 36.4 Å². The first-order chi connectivity index (χ1) is 11.8. The predicted molar refractivity (Wildman–Crippen MR) is 93.1 cm³/mol. The molecule has 0 radical (unpaired) electrons. The Morgan fingerprint density at radius 3 is 2.58 bits per heavy atom. The average Bonchev–Trinajstić information content (AvgIpc) is 3.38. The molecule has 5 heteroatoms. The van der Waals surface area contributed by atoms with Crippen LogP contribution in [-0.4, -0.2) is 58.6 Å². The smallest absolute Gasteiger partial charge is 0.274 e. The lowest BCUT2D eigenvalue weighted by Gasteiger charge is -2.34. The molecule has 2 fully saturated rings. The van der Waals surface area contributed by atoms with Crippen molar-refractivity contribution in [1.29, 1.82) is 0 Å². The summed E-state index contributed by atoms with van der Waals surface area (Å²) in [4.78, 5) is 16.9. The largest absolute Gasteiger partial charge is 0.335 e. The lowest BCUT2D eigenvalue weighted by Crippen LogP contribution is -2.49. The fraction of sp³-hybridized carbons (Fsp3) is 0.474. The van der Waals surface area contributed by atoms with Gasteiger partial charge in [0, 0.05) is 44.3 Å². The van der Waals surface area contributed by atoms with Crippen molar-refractivity contribution < 1.29 is 4.79 Å². The Balaban J connectivity index is 1.26. The zero-order chi connectivity index (χ0) is 16.4. The van der Waals surface area contributed by atoms with E-state index < -0.39 is 0 Å². The standard InChI is InChI=1S/C19H24N4O/c24-19(18-14-17(20-21-18)16-6-7-16)23-12-10-22(11-13-23)9-8-15-4-2-1-3-5-15/h1-5,14,16H,6-13H2,(H,20,21). The summed E-state index contributed by atoms with van der Waals surface area (Å²) >= 11 is 0. The average molecular weight is 324 g/mol. The molecule has 1 aromatic heterocycles. The van der Waals surface area contributed by atoms with Crippen LogP contribution in [0.25, 0.3) is 0 Å². The molecule has 1 aliphatic carbocycles. The molecule has 24 heavy (non-hydrogen) atoms. The number of benzene rings is 1. The predicted octanol–water partition coefficient (Wildman–Crippen LogP) is 2.29. The first-order valence-electron chi connectivity index (χ1n) is 8.90. The van der Waals surface area contributed by atoms with Gasteiger partial charge in [0.05, 0.1) is 0 Å². The molecule has 1 aliphatic heterocycles. The van der Waals surface area contributed by atoms with Gasteiger partial charge in [-0.2, -0.15) is 5.10 Å². The van der Waals surface area contributed by atoms with E-state index in [1.807, 2.05) is 11.0 Å². The number of piperazine rings is 1. The van der Waals surface area contributed by atoms with E-state index in [9.17, 15) is 4.79 Å². The number of hydrogen-bond acceptors (Lipinski definition) is 3. The molecule has 2 aromatic rings. The third-order valence-electron chi connectivity index (χ3n) is 5.05. The molecule has 0 unspecified atom stereocenters. The highest BCUT2D eigenvalue weighted by molar-refractivity contribution is 5.92. The van der Waals surface area contributed by atoms with Gasteiger partial charge in [0.2, 0.25) is 0 Å². The number of aromatic nitrogens is 2. The van der Waals surface area contributed by atoms with Crippen molar-refractivity contribution in [3.8, 4) is 0 Å². The molecule has 1 saturated heterocycles. The van der Waals surface area contributed by atoms with Gasteiger partial charge in [0.15, 0.2) is 0 Å². The zero-order valence-electron chi connectivity index (χ0n) is 13.9.